The number of allylic oxidation sites excluding steroid dienone is 3. The Hall–Kier alpha value is -4.46. The van der Waals surface area contributed by atoms with E-state index in [9.17, 15) is 4.39 Å². The summed E-state index contributed by atoms with van der Waals surface area (Å²) in [5.41, 5.74) is 7.54. The van der Waals surface area contributed by atoms with E-state index >= 15 is 0 Å². The summed E-state index contributed by atoms with van der Waals surface area (Å²) in [4.78, 5) is 21.1. The molecule has 162 valence electrons. The van der Waals surface area contributed by atoms with E-state index < -0.39 is 0 Å². The van der Waals surface area contributed by atoms with Crippen LogP contribution in [0.1, 0.15) is 19.5 Å². The second kappa shape index (κ2) is 8.23. The Kier molecular flexibility index (Phi) is 5.10. The average Bonchev–Trinajstić information content (AvgIpc) is 3.45. The first kappa shape index (κ1) is 20.4. The van der Waals surface area contributed by atoms with Crippen molar-refractivity contribution >= 4 is 34.4 Å². The van der Waals surface area contributed by atoms with Crippen LogP contribution in [-0.4, -0.2) is 36.9 Å². The van der Waals surface area contributed by atoms with Gasteiger partial charge in [-0.1, -0.05) is 18.2 Å². The van der Waals surface area contributed by atoms with Crippen molar-refractivity contribution in [2.24, 2.45) is 4.99 Å². The van der Waals surface area contributed by atoms with E-state index in [1.54, 1.807) is 24.7 Å². The number of hydrogen-bond acceptors (Lipinski definition) is 5. The zero-order valence-corrected chi connectivity index (χ0v) is 18.1. The summed E-state index contributed by atoms with van der Waals surface area (Å²) in [5, 5.41) is 7.48. The van der Waals surface area contributed by atoms with E-state index in [4.69, 9.17) is 9.97 Å². The fourth-order valence-electron chi connectivity index (χ4n) is 3.74. The summed E-state index contributed by atoms with van der Waals surface area (Å²) >= 11 is 0. The second-order valence-corrected chi connectivity index (χ2v) is 7.54. The molecule has 0 unspecified atom stereocenters. The van der Waals surface area contributed by atoms with Crippen LogP contribution in [0.4, 0.5) is 4.39 Å². The van der Waals surface area contributed by atoms with Crippen molar-refractivity contribution in [1.82, 2.24) is 30.1 Å². The minimum absolute atomic E-state index is 0.315. The molecule has 0 aliphatic carbocycles. The first-order valence-corrected chi connectivity index (χ1v) is 10.3. The average molecular weight is 437 g/mol. The molecule has 0 aliphatic rings. The Bertz CT molecular complexity index is 1570. The maximum absolute atomic E-state index is 13.8. The number of fused-ring (bicyclic) bond motifs is 2. The minimum atomic E-state index is -0.315. The van der Waals surface area contributed by atoms with Crippen molar-refractivity contribution in [3.63, 3.8) is 0 Å². The number of hydrogen-bond donors (Lipinski definition) is 2. The summed E-state index contributed by atoms with van der Waals surface area (Å²) in [6, 6.07) is 10.2. The van der Waals surface area contributed by atoms with Gasteiger partial charge in [-0.25, -0.2) is 14.4 Å². The predicted molar refractivity (Wildman–Crippen MR) is 129 cm³/mol. The SMILES string of the molecule is C=N/C=C(\C(C)=C/C)c1ccc2[nH]nc(-c3nc4c(-c5cccc(F)c5)cncc4[nH]3)c2n1. The van der Waals surface area contributed by atoms with E-state index in [0.29, 0.717) is 28.1 Å². The van der Waals surface area contributed by atoms with Gasteiger partial charge in [0.25, 0.3) is 0 Å². The molecule has 0 aliphatic heterocycles. The number of aromatic amines is 2. The lowest BCUT2D eigenvalue weighted by Crippen LogP contribution is -1.92. The molecule has 0 spiro atoms. The number of nitrogens with one attached hydrogen (secondary N) is 2. The highest BCUT2D eigenvalue weighted by Crippen LogP contribution is 2.31. The number of H-pyrrole nitrogens is 2. The van der Waals surface area contributed by atoms with Gasteiger partial charge in [-0.05, 0) is 56.0 Å². The molecule has 0 fully saturated rings. The number of aliphatic imine (C=N–C) groups is 1. The lowest BCUT2D eigenvalue weighted by atomic mass is 10.0. The van der Waals surface area contributed by atoms with Gasteiger partial charge in [-0.3, -0.25) is 15.1 Å². The van der Waals surface area contributed by atoms with Gasteiger partial charge in [0.2, 0.25) is 0 Å². The highest BCUT2D eigenvalue weighted by molar-refractivity contribution is 5.96. The molecule has 5 rings (SSSR count). The van der Waals surface area contributed by atoms with Gasteiger partial charge in [0.15, 0.2) is 11.5 Å². The molecule has 5 aromatic rings. The predicted octanol–water partition coefficient (Wildman–Crippen LogP) is 5.71. The number of aromatic nitrogens is 6. The van der Waals surface area contributed by atoms with Crippen molar-refractivity contribution < 1.29 is 4.39 Å². The molecule has 4 aromatic heterocycles. The smallest absolute Gasteiger partial charge is 0.161 e. The molecule has 4 heterocycles. The molecular weight excluding hydrogens is 417 g/mol. The van der Waals surface area contributed by atoms with E-state index in [1.165, 1.54) is 12.1 Å². The molecule has 0 saturated heterocycles. The number of nitrogens with zero attached hydrogens (tertiary/aromatic N) is 5. The van der Waals surface area contributed by atoms with Crippen molar-refractivity contribution in [3.8, 4) is 22.6 Å². The van der Waals surface area contributed by atoms with Crippen LogP contribution >= 0.6 is 0 Å². The van der Waals surface area contributed by atoms with Crippen LogP contribution in [0.3, 0.4) is 0 Å². The molecule has 1 aromatic carbocycles. The fourth-order valence-corrected chi connectivity index (χ4v) is 3.74. The van der Waals surface area contributed by atoms with Crippen LogP contribution in [0.25, 0.3) is 50.3 Å². The van der Waals surface area contributed by atoms with E-state index in [2.05, 4.69) is 31.9 Å². The maximum Gasteiger partial charge on any atom is 0.161 e. The summed E-state index contributed by atoms with van der Waals surface area (Å²) < 4.78 is 13.8. The Morgan fingerprint density at radius 3 is 2.76 bits per heavy atom. The van der Waals surface area contributed by atoms with Crippen molar-refractivity contribution in [2.75, 3.05) is 0 Å². The second-order valence-electron chi connectivity index (χ2n) is 7.54. The lowest BCUT2D eigenvalue weighted by molar-refractivity contribution is 0.628. The number of halogens is 1. The zero-order chi connectivity index (χ0) is 22.9. The van der Waals surface area contributed by atoms with Crippen molar-refractivity contribution in [1.29, 1.82) is 0 Å². The molecule has 8 heteroatoms. The maximum atomic E-state index is 13.8. The highest BCUT2D eigenvalue weighted by Gasteiger charge is 2.18. The molecule has 0 bridgehead atoms. The molecule has 33 heavy (non-hydrogen) atoms. The van der Waals surface area contributed by atoms with Crippen LogP contribution in [0.15, 0.2) is 71.6 Å². The van der Waals surface area contributed by atoms with E-state index in [-0.39, 0.29) is 5.82 Å². The van der Waals surface area contributed by atoms with Crippen LogP contribution in [0.2, 0.25) is 0 Å². The van der Waals surface area contributed by atoms with Crippen molar-refractivity contribution in [3.05, 3.63) is 78.2 Å². The topological polar surface area (TPSA) is 95.5 Å². The quantitative estimate of drug-likeness (QED) is 0.272. The Balaban J connectivity index is 1.67. The van der Waals surface area contributed by atoms with Crippen LogP contribution < -0.4 is 0 Å². The number of benzene rings is 1. The van der Waals surface area contributed by atoms with Gasteiger partial charge in [-0.2, -0.15) is 5.10 Å². The normalized spacial score (nSPS) is 12.6. The molecule has 0 saturated carbocycles. The van der Waals surface area contributed by atoms with Crippen molar-refractivity contribution in [2.45, 2.75) is 13.8 Å². The summed E-state index contributed by atoms with van der Waals surface area (Å²) in [6.07, 6.45) is 7.06. The van der Waals surface area contributed by atoms with Gasteiger partial charge in [0.05, 0.1) is 28.4 Å². The van der Waals surface area contributed by atoms with Crippen LogP contribution in [0.5, 0.6) is 0 Å². The molecular formula is C25H20FN7. The largest absolute Gasteiger partial charge is 0.335 e. The van der Waals surface area contributed by atoms with E-state index in [0.717, 1.165) is 33.4 Å². The fraction of sp³-hybridized carbons (Fsp3) is 0.0800. The molecule has 0 amide bonds. The zero-order valence-electron chi connectivity index (χ0n) is 18.1. The Morgan fingerprint density at radius 2 is 1.97 bits per heavy atom. The summed E-state index contributed by atoms with van der Waals surface area (Å²) in [6.45, 7) is 7.54. The monoisotopic (exact) mass is 437 g/mol. The van der Waals surface area contributed by atoms with Gasteiger partial charge in [0, 0.05) is 23.5 Å². The van der Waals surface area contributed by atoms with Crippen LogP contribution in [0, 0.1) is 5.82 Å². The minimum Gasteiger partial charge on any atom is -0.335 e. The van der Waals surface area contributed by atoms with Crippen LogP contribution in [-0.2, 0) is 0 Å². The van der Waals surface area contributed by atoms with Gasteiger partial charge in [0.1, 0.15) is 11.3 Å². The standard InChI is InChI=1S/C25H20FN7/c1-4-14(2)17(11-27-3)19-8-9-20-23(29-19)24(33-32-20)25-30-21-13-28-12-18(22(21)31-25)15-6-5-7-16(26)10-15/h4-13H,3H2,1-2H3,(H,30,31)(H,32,33)/b14-4-,17-11+. The molecule has 7 nitrogen and oxygen atoms in total. The number of imidazole rings is 1. The Labute approximate surface area is 188 Å². The molecule has 0 atom stereocenters. The summed E-state index contributed by atoms with van der Waals surface area (Å²) in [7, 11) is 0. The lowest BCUT2D eigenvalue weighted by Gasteiger charge is -2.06. The van der Waals surface area contributed by atoms with E-state index in [1.807, 2.05) is 38.1 Å². The summed E-state index contributed by atoms with van der Waals surface area (Å²) in [5.74, 6) is 0.228. The first-order chi connectivity index (χ1) is 16.1. The molecule has 0 radical (unpaired) electrons. The number of pyridine rings is 2. The third-order valence-corrected chi connectivity index (χ3v) is 5.52. The first-order valence-electron chi connectivity index (χ1n) is 10.3. The molecule has 2 N–H and O–H groups in total. The van der Waals surface area contributed by atoms with Gasteiger partial charge >= 0.3 is 0 Å². The van der Waals surface area contributed by atoms with Gasteiger partial charge < -0.3 is 4.98 Å². The number of rotatable bonds is 5. The Morgan fingerprint density at radius 1 is 1.09 bits per heavy atom. The highest BCUT2D eigenvalue weighted by atomic mass is 19.1. The third-order valence-electron chi connectivity index (χ3n) is 5.52. The van der Waals surface area contributed by atoms with Gasteiger partial charge in [-0.15, -0.1) is 0 Å². The third kappa shape index (κ3) is 3.61.